The molecule has 2 aromatic heterocycles. The van der Waals surface area contributed by atoms with E-state index in [1.54, 1.807) is 44.3 Å². The number of hydrogen-bond acceptors (Lipinski definition) is 4. The average molecular weight is 324 g/mol. The van der Waals surface area contributed by atoms with Crippen LogP contribution in [0.1, 0.15) is 34.4 Å². The lowest BCUT2D eigenvalue weighted by molar-refractivity contribution is 0.0514. The van der Waals surface area contributed by atoms with Gasteiger partial charge >= 0.3 is 0 Å². The van der Waals surface area contributed by atoms with Gasteiger partial charge in [-0.1, -0.05) is 12.1 Å². The highest BCUT2D eigenvalue weighted by Crippen LogP contribution is 2.26. The molecule has 24 heavy (non-hydrogen) atoms. The number of aliphatic hydroxyl groups is 1. The molecule has 0 aliphatic carbocycles. The summed E-state index contributed by atoms with van der Waals surface area (Å²) in [5.74, 6) is 1.14. The summed E-state index contributed by atoms with van der Waals surface area (Å²) < 4.78 is 5.47. The van der Waals surface area contributed by atoms with E-state index in [9.17, 15) is 9.90 Å². The van der Waals surface area contributed by atoms with Crippen LogP contribution < -0.4 is 5.32 Å². The number of nitrogens with one attached hydrogen (secondary N) is 1. The molecule has 1 atom stereocenters. The molecule has 5 heteroatoms. The highest BCUT2D eigenvalue weighted by molar-refractivity contribution is 6.06. The lowest BCUT2D eigenvalue weighted by Gasteiger charge is -2.23. The maximum absolute atomic E-state index is 12.6. The Bertz CT molecular complexity index is 891. The number of rotatable bonds is 4. The minimum atomic E-state index is -1.21. The quantitative estimate of drug-likeness (QED) is 0.773. The van der Waals surface area contributed by atoms with Crippen molar-refractivity contribution in [2.45, 2.75) is 26.4 Å². The minimum absolute atomic E-state index is 0.0856. The van der Waals surface area contributed by atoms with Crippen molar-refractivity contribution in [1.82, 2.24) is 10.3 Å². The molecule has 0 saturated carbocycles. The number of pyridine rings is 1. The van der Waals surface area contributed by atoms with Crippen LogP contribution in [0.25, 0.3) is 10.9 Å². The molecule has 124 valence electrons. The fourth-order valence-corrected chi connectivity index (χ4v) is 2.91. The van der Waals surface area contributed by atoms with Crippen LogP contribution in [0.15, 0.2) is 47.0 Å². The van der Waals surface area contributed by atoms with Crippen molar-refractivity contribution in [3.05, 3.63) is 65.2 Å². The number of aromatic nitrogens is 1. The number of hydrogen-bond donors (Lipinski definition) is 2. The molecule has 0 bridgehead atoms. The van der Waals surface area contributed by atoms with Crippen molar-refractivity contribution in [1.29, 1.82) is 0 Å². The van der Waals surface area contributed by atoms with Gasteiger partial charge in [-0.15, -0.1) is 0 Å². The standard InChI is InChI=1S/C19H20N2O3/c1-12-10-16(13(2)24-12)19(3,23)11-21-18(22)15-6-4-8-17-14(15)7-5-9-20-17/h4-10,23H,11H2,1-3H3,(H,21,22). The lowest BCUT2D eigenvalue weighted by atomic mass is 9.96. The molecule has 0 spiro atoms. The number of carbonyl (C=O) groups is 1. The maximum atomic E-state index is 12.6. The molecule has 2 heterocycles. The zero-order valence-electron chi connectivity index (χ0n) is 14.0. The summed E-state index contributed by atoms with van der Waals surface area (Å²) in [6, 6.07) is 10.9. The Morgan fingerprint density at radius 3 is 2.79 bits per heavy atom. The van der Waals surface area contributed by atoms with Gasteiger partial charge in [0.25, 0.3) is 5.91 Å². The number of carbonyl (C=O) groups excluding carboxylic acids is 1. The molecule has 1 unspecified atom stereocenters. The Hall–Kier alpha value is -2.66. The largest absolute Gasteiger partial charge is 0.466 e. The fourth-order valence-electron chi connectivity index (χ4n) is 2.91. The van der Waals surface area contributed by atoms with Crippen LogP contribution in [0, 0.1) is 13.8 Å². The Morgan fingerprint density at radius 1 is 1.29 bits per heavy atom. The lowest BCUT2D eigenvalue weighted by Crippen LogP contribution is -2.38. The first-order chi connectivity index (χ1) is 11.4. The predicted molar refractivity (Wildman–Crippen MR) is 91.8 cm³/mol. The number of nitrogens with zero attached hydrogens (tertiary/aromatic N) is 1. The predicted octanol–water partition coefficient (Wildman–Crippen LogP) is 3.08. The van der Waals surface area contributed by atoms with Crippen LogP contribution in [0.5, 0.6) is 0 Å². The second-order valence-electron chi connectivity index (χ2n) is 6.16. The van der Waals surface area contributed by atoms with Gasteiger partial charge in [-0.2, -0.15) is 0 Å². The normalized spacial score (nSPS) is 13.7. The zero-order valence-corrected chi connectivity index (χ0v) is 14.0. The van der Waals surface area contributed by atoms with E-state index in [2.05, 4.69) is 10.3 Å². The van der Waals surface area contributed by atoms with Gasteiger partial charge in [0, 0.05) is 22.7 Å². The molecule has 0 fully saturated rings. The number of benzene rings is 1. The molecule has 0 saturated heterocycles. The van der Waals surface area contributed by atoms with E-state index in [1.165, 1.54) is 0 Å². The summed E-state index contributed by atoms with van der Waals surface area (Å²) in [7, 11) is 0. The van der Waals surface area contributed by atoms with Crippen LogP contribution in [0.4, 0.5) is 0 Å². The summed E-state index contributed by atoms with van der Waals surface area (Å²) in [5, 5.41) is 14.3. The molecule has 2 N–H and O–H groups in total. The highest BCUT2D eigenvalue weighted by Gasteiger charge is 2.28. The van der Waals surface area contributed by atoms with Gasteiger partial charge in [0.2, 0.25) is 0 Å². The van der Waals surface area contributed by atoms with Crippen LogP contribution >= 0.6 is 0 Å². The van der Waals surface area contributed by atoms with E-state index in [0.717, 1.165) is 16.7 Å². The average Bonchev–Trinajstić information content (AvgIpc) is 2.91. The Balaban J connectivity index is 1.81. The summed E-state index contributed by atoms with van der Waals surface area (Å²) in [4.78, 5) is 16.8. The molecule has 1 amide bonds. The van der Waals surface area contributed by atoms with Gasteiger partial charge in [-0.05, 0) is 45.0 Å². The first kappa shape index (κ1) is 16.2. The smallest absolute Gasteiger partial charge is 0.252 e. The molecule has 0 aliphatic heterocycles. The van der Waals surface area contributed by atoms with Gasteiger partial charge in [0.05, 0.1) is 12.1 Å². The summed E-state index contributed by atoms with van der Waals surface area (Å²) in [6.07, 6.45) is 1.69. The van der Waals surface area contributed by atoms with E-state index in [-0.39, 0.29) is 12.5 Å². The van der Waals surface area contributed by atoms with E-state index in [0.29, 0.717) is 16.9 Å². The van der Waals surface area contributed by atoms with Crippen molar-refractivity contribution in [2.75, 3.05) is 6.54 Å². The summed E-state index contributed by atoms with van der Waals surface area (Å²) >= 11 is 0. The number of furan rings is 1. The maximum Gasteiger partial charge on any atom is 0.252 e. The van der Waals surface area contributed by atoms with Crippen LogP contribution in [-0.4, -0.2) is 22.5 Å². The number of aryl methyl sites for hydroxylation is 2. The van der Waals surface area contributed by atoms with Crippen molar-refractivity contribution >= 4 is 16.8 Å². The number of fused-ring (bicyclic) bond motifs is 1. The molecule has 3 rings (SSSR count). The van der Waals surface area contributed by atoms with E-state index in [1.807, 2.05) is 19.1 Å². The number of amides is 1. The first-order valence-corrected chi connectivity index (χ1v) is 7.80. The second-order valence-corrected chi connectivity index (χ2v) is 6.16. The van der Waals surface area contributed by atoms with Gasteiger partial charge in [0.1, 0.15) is 17.1 Å². The topological polar surface area (TPSA) is 75.4 Å². The van der Waals surface area contributed by atoms with Crippen molar-refractivity contribution in [3.8, 4) is 0 Å². The monoisotopic (exact) mass is 324 g/mol. The first-order valence-electron chi connectivity index (χ1n) is 7.80. The van der Waals surface area contributed by atoms with E-state index >= 15 is 0 Å². The third-order valence-electron chi connectivity index (χ3n) is 4.10. The highest BCUT2D eigenvalue weighted by atomic mass is 16.3. The second kappa shape index (κ2) is 6.09. The summed E-state index contributed by atoms with van der Waals surface area (Å²) in [5.41, 5.74) is 0.773. The molecular weight excluding hydrogens is 304 g/mol. The SMILES string of the molecule is Cc1cc(C(C)(O)CNC(=O)c2cccc3ncccc23)c(C)o1. The molecule has 5 nitrogen and oxygen atoms in total. The summed E-state index contributed by atoms with van der Waals surface area (Å²) in [6.45, 7) is 5.38. The Labute approximate surface area is 140 Å². The van der Waals surface area contributed by atoms with Crippen molar-refractivity contribution < 1.29 is 14.3 Å². The Kier molecular flexibility index (Phi) is 4.11. The fraction of sp³-hybridized carbons (Fsp3) is 0.263. The van der Waals surface area contributed by atoms with Gasteiger partial charge in [0.15, 0.2) is 0 Å². The van der Waals surface area contributed by atoms with Crippen LogP contribution in [0.3, 0.4) is 0 Å². The third kappa shape index (κ3) is 3.03. The van der Waals surface area contributed by atoms with Gasteiger partial charge in [-0.3, -0.25) is 9.78 Å². The third-order valence-corrected chi connectivity index (χ3v) is 4.10. The van der Waals surface area contributed by atoms with Crippen LogP contribution in [-0.2, 0) is 5.60 Å². The van der Waals surface area contributed by atoms with Crippen molar-refractivity contribution in [2.24, 2.45) is 0 Å². The molecule has 3 aromatic rings. The molecular formula is C19H20N2O3. The molecule has 1 aromatic carbocycles. The van der Waals surface area contributed by atoms with E-state index in [4.69, 9.17) is 4.42 Å². The van der Waals surface area contributed by atoms with Gasteiger partial charge in [-0.25, -0.2) is 0 Å². The Morgan fingerprint density at radius 2 is 2.08 bits per heavy atom. The van der Waals surface area contributed by atoms with Gasteiger partial charge < -0.3 is 14.8 Å². The van der Waals surface area contributed by atoms with E-state index < -0.39 is 5.60 Å². The minimum Gasteiger partial charge on any atom is -0.466 e. The van der Waals surface area contributed by atoms with Crippen LogP contribution in [0.2, 0.25) is 0 Å². The zero-order chi connectivity index (χ0) is 17.3. The molecule has 0 aliphatic rings. The molecule has 0 radical (unpaired) electrons. The van der Waals surface area contributed by atoms with Crippen molar-refractivity contribution in [3.63, 3.8) is 0 Å².